The second-order valence-corrected chi connectivity index (χ2v) is 9.38. The molecule has 6 heteroatoms. The number of benzene rings is 1. The average molecular weight is 423 g/mol. The van der Waals surface area contributed by atoms with Gasteiger partial charge in [-0.2, -0.15) is 0 Å². The summed E-state index contributed by atoms with van der Waals surface area (Å²) in [6, 6.07) is 12.4. The maximum atomic E-state index is 14.0. The third kappa shape index (κ3) is 4.59. The summed E-state index contributed by atoms with van der Waals surface area (Å²) in [7, 11) is 1.88. The Morgan fingerprint density at radius 2 is 1.90 bits per heavy atom. The van der Waals surface area contributed by atoms with E-state index in [2.05, 4.69) is 46.4 Å². The van der Waals surface area contributed by atoms with Crippen molar-refractivity contribution in [2.24, 2.45) is 5.41 Å². The minimum atomic E-state index is -0.379. The van der Waals surface area contributed by atoms with Gasteiger partial charge in [0.15, 0.2) is 0 Å². The first-order valence-electron chi connectivity index (χ1n) is 11.4. The Morgan fingerprint density at radius 1 is 1.16 bits per heavy atom. The fourth-order valence-electron chi connectivity index (χ4n) is 5.18. The molecule has 6 nitrogen and oxygen atoms in total. The molecule has 1 amide bonds. The number of carbonyl (C=O) groups is 1. The van der Waals surface area contributed by atoms with Gasteiger partial charge in [-0.25, -0.2) is 9.97 Å². The highest BCUT2D eigenvalue weighted by Gasteiger charge is 2.45. The molecule has 1 aromatic heterocycles. The van der Waals surface area contributed by atoms with Crippen LogP contribution in [0.25, 0.3) is 0 Å². The molecule has 0 saturated carbocycles. The lowest BCUT2D eigenvalue weighted by atomic mass is 9.72. The zero-order valence-electron chi connectivity index (χ0n) is 19.0. The van der Waals surface area contributed by atoms with E-state index >= 15 is 0 Å². The highest BCUT2D eigenvalue weighted by atomic mass is 16.5. The Kier molecular flexibility index (Phi) is 6.28. The van der Waals surface area contributed by atoms with Gasteiger partial charge in [-0.05, 0) is 44.6 Å². The SMILES string of the molecule is CNc1cc(C2(C)CCCN(C(=O)C3(Cc4ccccc4)CCOCC3)C2)nc(C)n1. The summed E-state index contributed by atoms with van der Waals surface area (Å²) in [6.07, 6.45) is 4.35. The zero-order valence-corrected chi connectivity index (χ0v) is 19.0. The van der Waals surface area contributed by atoms with Gasteiger partial charge in [0.25, 0.3) is 0 Å². The fourth-order valence-corrected chi connectivity index (χ4v) is 5.18. The number of aryl methyl sites for hydroxylation is 1. The van der Waals surface area contributed by atoms with Gasteiger partial charge in [0.1, 0.15) is 11.6 Å². The number of amides is 1. The van der Waals surface area contributed by atoms with Gasteiger partial charge < -0.3 is 15.0 Å². The molecule has 1 unspecified atom stereocenters. The monoisotopic (exact) mass is 422 g/mol. The molecule has 2 aliphatic heterocycles. The lowest BCUT2D eigenvalue weighted by molar-refractivity contribution is -0.150. The van der Waals surface area contributed by atoms with Crippen molar-refractivity contribution in [1.29, 1.82) is 0 Å². The number of aromatic nitrogens is 2. The third-order valence-corrected chi connectivity index (χ3v) is 6.99. The summed E-state index contributed by atoms with van der Waals surface area (Å²) in [5, 5.41) is 3.14. The Hall–Kier alpha value is -2.47. The van der Waals surface area contributed by atoms with Crippen molar-refractivity contribution < 1.29 is 9.53 Å². The quantitative estimate of drug-likeness (QED) is 0.795. The van der Waals surface area contributed by atoms with Gasteiger partial charge in [0.05, 0.1) is 11.1 Å². The van der Waals surface area contributed by atoms with Crippen LogP contribution in [-0.2, 0) is 21.4 Å². The van der Waals surface area contributed by atoms with Crippen molar-refractivity contribution in [3.8, 4) is 0 Å². The van der Waals surface area contributed by atoms with Gasteiger partial charge in [0, 0.05) is 44.8 Å². The summed E-state index contributed by atoms with van der Waals surface area (Å²) in [4.78, 5) is 25.3. The molecular weight excluding hydrogens is 388 g/mol. The van der Waals surface area contributed by atoms with Crippen LogP contribution in [0.3, 0.4) is 0 Å². The predicted molar refractivity (Wildman–Crippen MR) is 122 cm³/mol. The molecule has 2 aliphatic rings. The zero-order chi connectivity index (χ0) is 21.9. The van der Waals surface area contributed by atoms with E-state index in [9.17, 15) is 4.79 Å². The summed E-state index contributed by atoms with van der Waals surface area (Å²) in [6.45, 7) is 6.98. The highest BCUT2D eigenvalue weighted by molar-refractivity contribution is 5.83. The molecule has 166 valence electrons. The number of likely N-dealkylation sites (tertiary alicyclic amines) is 1. The minimum Gasteiger partial charge on any atom is -0.381 e. The first kappa shape index (κ1) is 21.8. The largest absolute Gasteiger partial charge is 0.381 e. The molecule has 0 spiro atoms. The number of hydrogen-bond donors (Lipinski definition) is 1. The fraction of sp³-hybridized carbons (Fsp3) is 0.560. The van der Waals surface area contributed by atoms with Gasteiger partial charge in [-0.3, -0.25) is 4.79 Å². The topological polar surface area (TPSA) is 67.4 Å². The molecule has 3 heterocycles. The van der Waals surface area contributed by atoms with E-state index in [1.807, 2.05) is 26.1 Å². The maximum Gasteiger partial charge on any atom is 0.229 e. The number of ether oxygens (including phenoxy) is 1. The van der Waals surface area contributed by atoms with Crippen LogP contribution in [-0.4, -0.2) is 54.1 Å². The van der Waals surface area contributed by atoms with Crippen molar-refractivity contribution in [3.05, 3.63) is 53.5 Å². The second-order valence-electron chi connectivity index (χ2n) is 9.38. The van der Waals surface area contributed by atoms with E-state index in [1.165, 1.54) is 5.56 Å². The van der Waals surface area contributed by atoms with Gasteiger partial charge >= 0.3 is 0 Å². The highest BCUT2D eigenvalue weighted by Crippen LogP contribution is 2.40. The van der Waals surface area contributed by atoms with Crippen LogP contribution in [0.15, 0.2) is 36.4 Å². The van der Waals surface area contributed by atoms with Crippen molar-refractivity contribution in [1.82, 2.24) is 14.9 Å². The minimum absolute atomic E-state index is 0.174. The summed E-state index contributed by atoms with van der Waals surface area (Å²) in [5.41, 5.74) is 1.69. The third-order valence-electron chi connectivity index (χ3n) is 6.99. The number of carbonyl (C=O) groups excluding carboxylic acids is 1. The van der Waals surface area contributed by atoms with Crippen LogP contribution in [0.1, 0.15) is 49.7 Å². The van der Waals surface area contributed by atoms with Crippen molar-refractivity contribution >= 4 is 11.7 Å². The Bertz CT molecular complexity index is 911. The van der Waals surface area contributed by atoms with Crippen LogP contribution in [0.4, 0.5) is 5.82 Å². The van der Waals surface area contributed by atoms with Gasteiger partial charge in [-0.1, -0.05) is 37.3 Å². The van der Waals surface area contributed by atoms with Gasteiger partial charge in [0.2, 0.25) is 5.91 Å². The number of hydrogen-bond acceptors (Lipinski definition) is 5. The molecule has 0 aliphatic carbocycles. The van der Waals surface area contributed by atoms with E-state index in [0.29, 0.717) is 19.8 Å². The van der Waals surface area contributed by atoms with E-state index in [0.717, 1.165) is 56.0 Å². The van der Waals surface area contributed by atoms with Crippen LogP contribution in [0.2, 0.25) is 0 Å². The van der Waals surface area contributed by atoms with E-state index in [4.69, 9.17) is 9.72 Å². The molecule has 0 radical (unpaired) electrons. The normalized spacial score (nSPS) is 23.4. The van der Waals surface area contributed by atoms with E-state index < -0.39 is 0 Å². The molecule has 2 fully saturated rings. The number of nitrogens with one attached hydrogen (secondary N) is 1. The molecule has 1 N–H and O–H groups in total. The molecule has 31 heavy (non-hydrogen) atoms. The molecule has 0 bridgehead atoms. The van der Waals surface area contributed by atoms with Crippen molar-refractivity contribution in [3.63, 3.8) is 0 Å². The molecular formula is C25H34N4O2. The predicted octanol–water partition coefficient (Wildman–Crippen LogP) is 3.75. The molecule has 2 saturated heterocycles. The summed E-state index contributed by atoms with van der Waals surface area (Å²) < 4.78 is 5.65. The second kappa shape index (κ2) is 8.95. The number of nitrogens with zero attached hydrogens (tertiary/aromatic N) is 3. The molecule has 1 atom stereocenters. The first-order valence-corrected chi connectivity index (χ1v) is 11.4. The number of piperidine rings is 1. The number of rotatable bonds is 5. The molecule has 4 rings (SSSR count). The summed E-state index contributed by atoms with van der Waals surface area (Å²) in [5.74, 6) is 1.87. The molecule has 1 aromatic carbocycles. The lowest BCUT2D eigenvalue weighted by Gasteiger charge is -2.45. The smallest absolute Gasteiger partial charge is 0.229 e. The molecule has 2 aromatic rings. The van der Waals surface area contributed by atoms with Crippen molar-refractivity contribution in [2.45, 2.75) is 51.4 Å². The van der Waals surface area contributed by atoms with Gasteiger partial charge in [-0.15, -0.1) is 0 Å². The summed E-state index contributed by atoms with van der Waals surface area (Å²) >= 11 is 0. The van der Waals surface area contributed by atoms with Crippen molar-refractivity contribution in [2.75, 3.05) is 38.7 Å². The first-order chi connectivity index (χ1) is 14.9. The average Bonchev–Trinajstić information content (AvgIpc) is 2.79. The standard InChI is InChI=1S/C25H34N4O2/c1-19-27-21(16-22(26-3)28-19)24(2)10-7-13-29(18-24)23(30)25(11-14-31-15-12-25)17-20-8-5-4-6-9-20/h4-6,8-9,16H,7,10-15,17-18H2,1-3H3,(H,26,27,28). The lowest BCUT2D eigenvalue weighted by Crippen LogP contribution is -2.54. The number of anilines is 1. The van der Waals surface area contributed by atoms with Crippen LogP contribution in [0, 0.1) is 12.3 Å². The van der Waals surface area contributed by atoms with E-state index in [1.54, 1.807) is 0 Å². The Morgan fingerprint density at radius 3 is 2.61 bits per heavy atom. The Labute approximate surface area is 185 Å². The van der Waals surface area contributed by atoms with Crippen LogP contribution >= 0.6 is 0 Å². The van der Waals surface area contributed by atoms with Crippen LogP contribution in [0.5, 0.6) is 0 Å². The van der Waals surface area contributed by atoms with E-state index in [-0.39, 0.29) is 16.7 Å². The maximum absolute atomic E-state index is 14.0. The van der Waals surface area contributed by atoms with Crippen LogP contribution < -0.4 is 5.32 Å². The Balaban J connectivity index is 1.60.